The third kappa shape index (κ3) is 4.24. The molecular formula is C19H28. The van der Waals surface area contributed by atoms with Gasteiger partial charge in [0.1, 0.15) is 0 Å². The van der Waals surface area contributed by atoms with E-state index < -0.39 is 0 Å². The average Bonchev–Trinajstić information content (AvgIpc) is 2.38. The smallest absolute Gasteiger partial charge is 0.0181 e. The summed E-state index contributed by atoms with van der Waals surface area (Å²) in [6.45, 7) is 12.6. The van der Waals surface area contributed by atoms with E-state index in [4.69, 9.17) is 0 Å². The fourth-order valence-electron chi connectivity index (χ4n) is 1.84. The summed E-state index contributed by atoms with van der Waals surface area (Å²) in [6, 6.07) is 13.3. The standard InChI is InChI=1S/C16H18.C2H6.CH4/c1-11-5-7-15(9-13(11)3)16-8-6-12(2)14(4)10-16;1-2;/h5-10H,1-4H3;1-2H3;1H4. The first-order chi connectivity index (χ1) is 8.58. The van der Waals surface area contributed by atoms with E-state index in [9.17, 15) is 0 Å². The van der Waals surface area contributed by atoms with Gasteiger partial charge in [-0.15, -0.1) is 0 Å². The maximum absolute atomic E-state index is 2.26. The number of rotatable bonds is 1. The van der Waals surface area contributed by atoms with Crippen molar-refractivity contribution >= 4 is 0 Å². The molecule has 0 heteroatoms. The monoisotopic (exact) mass is 256 g/mol. The normalized spacial score (nSPS) is 9.16. The summed E-state index contributed by atoms with van der Waals surface area (Å²) < 4.78 is 0. The zero-order valence-electron chi connectivity index (χ0n) is 12.5. The van der Waals surface area contributed by atoms with Crippen LogP contribution in [0.25, 0.3) is 11.1 Å². The molecule has 2 rings (SSSR count). The van der Waals surface area contributed by atoms with Crippen molar-refractivity contribution in [3.05, 3.63) is 58.7 Å². The largest absolute Gasteiger partial charge is 0.0776 e. The van der Waals surface area contributed by atoms with Crippen molar-refractivity contribution in [2.24, 2.45) is 0 Å². The number of benzene rings is 2. The molecule has 2 aromatic carbocycles. The van der Waals surface area contributed by atoms with E-state index in [1.807, 2.05) is 13.8 Å². The number of hydrogen-bond acceptors (Lipinski definition) is 0. The predicted molar refractivity (Wildman–Crippen MR) is 88.9 cm³/mol. The Morgan fingerprint density at radius 3 is 1.11 bits per heavy atom. The molecule has 0 atom stereocenters. The van der Waals surface area contributed by atoms with Gasteiger partial charge in [0.2, 0.25) is 0 Å². The van der Waals surface area contributed by atoms with E-state index >= 15 is 0 Å². The lowest BCUT2D eigenvalue weighted by atomic mass is 9.98. The zero-order chi connectivity index (χ0) is 13.7. The molecule has 0 saturated carbocycles. The van der Waals surface area contributed by atoms with Crippen LogP contribution in [0.4, 0.5) is 0 Å². The Bertz CT molecular complexity index is 472. The maximum atomic E-state index is 2.26. The van der Waals surface area contributed by atoms with E-state index in [0.717, 1.165) is 0 Å². The van der Waals surface area contributed by atoms with Crippen molar-refractivity contribution in [1.29, 1.82) is 0 Å². The maximum Gasteiger partial charge on any atom is -0.0181 e. The molecule has 0 radical (unpaired) electrons. The summed E-state index contributed by atoms with van der Waals surface area (Å²) in [4.78, 5) is 0. The van der Waals surface area contributed by atoms with Gasteiger partial charge in [-0.05, 0) is 61.1 Å². The Morgan fingerprint density at radius 1 is 0.526 bits per heavy atom. The van der Waals surface area contributed by atoms with Gasteiger partial charge >= 0.3 is 0 Å². The third-order valence-electron chi connectivity index (χ3n) is 3.35. The molecule has 0 heterocycles. The minimum Gasteiger partial charge on any atom is -0.0776 e. The van der Waals surface area contributed by atoms with E-state index in [2.05, 4.69) is 64.1 Å². The van der Waals surface area contributed by atoms with Crippen molar-refractivity contribution in [3.8, 4) is 11.1 Å². The highest BCUT2D eigenvalue weighted by Gasteiger charge is 2.01. The topological polar surface area (TPSA) is 0 Å². The molecule has 0 aliphatic rings. The summed E-state index contributed by atoms with van der Waals surface area (Å²) in [6.07, 6.45) is 0. The lowest BCUT2D eigenvalue weighted by Crippen LogP contribution is -1.86. The second kappa shape index (κ2) is 7.78. The minimum absolute atomic E-state index is 0. The van der Waals surface area contributed by atoms with Crippen LogP contribution in [0.15, 0.2) is 36.4 Å². The van der Waals surface area contributed by atoms with E-state index in [1.54, 1.807) is 0 Å². The van der Waals surface area contributed by atoms with Gasteiger partial charge in [-0.2, -0.15) is 0 Å². The second-order valence-electron chi connectivity index (χ2n) is 4.60. The average molecular weight is 256 g/mol. The van der Waals surface area contributed by atoms with Crippen molar-refractivity contribution in [2.75, 3.05) is 0 Å². The highest BCUT2D eigenvalue weighted by Crippen LogP contribution is 2.24. The SMILES string of the molecule is C.CC.Cc1ccc(-c2ccc(C)c(C)c2)cc1C. The summed E-state index contributed by atoms with van der Waals surface area (Å²) >= 11 is 0. The fourth-order valence-corrected chi connectivity index (χ4v) is 1.84. The van der Waals surface area contributed by atoms with Gasteiger partial charge in [0.05, 0.1) is 0 Å². The molecule has 0 unspecified atom stereocenters. The summed E-state index contributed by atoms with van der Waals surface area (Å²) in [5.41, 5.74) is 8.05. The van der Waals surface area contributed by atoms with Gasteiger partial charge in [-0.1, -0.05) is 57.7 Å². The van der Waals surface area contributed by atoms with E-state index in [-0.39, 0.29) is 7.43 Å². The highest BCUT2D eigenvalue weighted by atomic mass is 14.1. The van der Waals surface area contributed by atoms with Crippen LogP contribution in [-0.2, 0) is 0 Å². The van der Waals surface area contributed by atoms with Gasteiger partial charge in [0.15, 0.2) is 0 Å². The van der Waals surface area contributed by atoms with E-state index in [1.165, 1.54) is 33.4 Å². The minimum atomic E-state index is 0. The Hall–Kier alpha value is -1.56. The van der Waals surface area contributed by atoms with Crippen LogP contribution in [-0.4, -0.2) is 0 Å². The van der Waals surface area contributed by atoms with Crippen LogP contribution >= 0.6 is 0 Å². The molecule has 0 nitrogen and oxygen atoms in total. The van der Waals surface area contributed by atoms with Gasteiger partial charge < -0.3 is 0 Å². The lowest BCUT2D eigenvalue weighted by Gasteiger charge is -2.08. The van der Waals surface area contributed by atoms with Crippen molar-refractivity contribution in [3.63, 3.8) is 0 Å². The molecule has 0 amide bonds. The van der Waals surface area contributed by atoms with Crippen LogP contribution in [0.2, 0.25) is 0 Å². The lowest BCUT2D eigenvalue weighted by molar-refractivity contribution is 1.32. The van der Waals surface area contributed by atoms with Crippen LogP contribution in [0.3, 0.4) is 0 Å². The van der Waals surface area contributed by atoms with Gasteiger partial charge in [-0.25, -0.2) is 0 Å². The molecular weight excluding hydrogens is 228 g/mol. The number of hydrogen-bond donors (Lipinski definition) is 0. The Labute approximate surface area is 119 Å². The van der Waals surface area contributed by atoms with Gasteiger partial charge in [0.25, 0.3) is 0 Å². The Morgan fingerprint density at radius 2 is 0.842 bits per heavy atom. The Kier molecular flexibility index (Phi) is 7.14. The third-order valence-corrected chi connectivity index (χ3v) is 3.35. The Balaban J connectivity index is 0.00000103. The van der Waals surface area contributed by atoms with Crippen molar-refractivity contribution in [1.82, 2.24) is 0 Å². The fraction of sp³-hybridized carbons (Fsp3) is 0.368. The summed E-state index contributed by atoms with van der Waals surface area (Å²) in [5.74, 6) is 0. The molecule has 104 valence electrons. The van der Waals surface area contributed by atoms with Crippen molar-refractivity contribution < 1.29 is 0 Å². The van der Waals surface area contributed by atoms with Gasteiger partial charge in [0, 0.05) is 0 Å². The molecule has 0 aliphatic heterocycles. The molecule has 0 aromatic heterocycles. The van der Waals surface area contributed by atoms with Crippen LogP contribution < -0.4 is 0 Å². The van der Waals surface area contributed by atoms with Crippen molar-refractivity contribution in [2.45, 2.75) is 49.0 Å². The summed E-state index contributed by atoms with van der Waals surface area (Å²) in [7, 11) is 0. The quantitative estimate of drug-likeness (QED) is 0.565. The molecule has 0 fully saturated rings. The number of aryl methyl sites for hydroxylation is 4. The first-order valence-electron chi connectivity index (χ1n) is 6.73. The molecule has 19 heavy (non-hydrogen) atoms. The van der Waals surface area contributed by atoms with Crippen LogP contribution in [0.1, 0.15) is 43.5 Å². The second-order valence-corrected chi connectivity index (χ2v) is 4.60. The van der Waals surface area contributed by atoms with E-state index in [0.29, 0.717) is 0 Å². The highest BCUT2D eigenvalue weighted by molar-refractivity contribution is 5.66. The molecule has 0 N–H and O–H groups in total. The van der Waals surface area contributed by atoms with Gasteiger partial charge in [-0.3, -0.25) is 0 Å². The molecule has 0 saturated heterocycles. The molecule has 0 spiro atoms. The molecule has 0 bridgehead atoms. The van der Waals surface area contributed by atoms with Crippen LogP contribution in [0.5, 0.6) is 0 Å². The molecule has 2 aromatic rings. The van der Waals surface area contributed by atoms with Crippen LogP contribution in [0, 0.1) is 27.7 Å². The first-order valence-corrected chi connectivity index (χ1v) is 6.73. The predicted octanol–water partition coefficient (Wildman–Crippen LogP) is 6.25. The zero-order valence-corrected chi connectivity index (χ0v) is 12.5. The molecule has 0 aliphatic carbocycles. The first kappa shape index (κ1) is 17.4. The summed E-state index contributed by atoms with van der Waals surface area (Å²) in [5, 5.41) is 0.